The van der Waals surface area contributed by atoms with Crippen molar-refractivity contribution in [1.82, 2.24) is 34.8 Å². The highest BCUT2D eigenvalue weighted by atomic mass is 19.3. The first-order valence-corrected chi connectivity index (χ1v) is 10.0. The van der Waals surface area contributed by atoms with Gasteiger partial charge in [-0.1, -0.05) is 0 Å². The minimum absolute atomic E-state index is 0.0411. The fourth-order valence-electron chi connectivity index (χ4n) is 4.04. The van der Waals surface area contributed by atoms with Gasteiger partial charge in [0.05, 0.1) is 29.4 Å². The molecule has 0 radical (unpaired) electrons. The maximum absolute atomic E-state index is 14.1. The average molecular weight is 465 g/mol. The van der Waals surface area contributed by atoms with Gasteiger partial charge in [-0.15, -0.1) is 5.10 Å². The summed E-state index contributed by atoms with van der Waals surface area (Å²) in [6.45, 7) is -2.54. The summed E-state index contributed by atoms with van der Waals surface area (Å²) in [6, 6.07) is 3.25. The zero-order valence-corrected chi connectivity index (χ0v) is 17.5. The number of halogens is 4. The summed E-state index contributed by atoms with van der Waals surface area (Å²) in [4.78, 5) is 7.32. The number of ether oxygens (including phenoxy) is 2. The number of nitrogens with zero attached hydrogens (tertiary/aromatic N) is 5. The molecule has 174 valence electrons. The second kappa shape index (κ2) is 8.06. The zero-order chi connectivity index (χ0) is 23.3. The summed E-state index contributed by atoms with van der Waals surface area (Å²) in [7, 11) is 3.29. The molecule has 1 atom stereocenters. The number of aryl methyl sites for hydroxylation is 1. The molecule has 4 aromatic heterocycles. The topological polar surface area (TPSA) is 94.8 Å². The molecule has 1 aliphatic rings. The van der Waals surface area contributed by atoms with Crippen LogP contribution in [-0.2, 0) is 13.6 Å². The molecule has 0 unspecified atom stereocenters. The third-order valence-corrected chi connectivity index (χ3v) is 5.45. The number of H-pyrrole nitrogens is 1. The van der Waals surface area contributed by atoms with E-state index in [0.717, 1.165) is 0 Å². The van der Waals surface area contributed by atoms with Crippen LogP contribution < -0.4 is 14.8 Å². The van der Waals surface area contributed by atoms with E-state index in [1.165, 1.54) is 21.8 Å². The van der Waals surface area contributed by atoms with Crippen LogP contribution in [0.25, 0.3) is 33.4 Å². The van der Waals surface area contributed by atoms with Gasteiger partial charge in [0.1, 0.15) is 17.9 Å². The molecule has 33 heavy (non-hydrogen) atoms. The number of hydrogen-bond acceptors (Lipinski definition) is 6. The molecule has 0 spiro atoms. The molecule has 13 heteroatoms. The summed E-state index contributed by atoms with van der Waals surface area (Å²) in [5, 5.41) is 11.6. The lowest BCUT2D eigenvalue weighted by Crippen LogP contribution is -2.39. The van der Waals surface area contributed by atoms with Gasteiger partial charge < -0.3 is 19.8 Å². The first kappa shape index (κ1) is 21.2. The Balaban J connectivity index is 1.80. The van der Waals surface area contributed by atoms with Gasteiger partial charge in [0, 0.05) is 30.4 Å². The molecule has 5 heterocycles. The molecule has 2 N–H and O–H groups in total. The third kappa shape index (κ3) is 3.57. The smallest absolute Gasteiger partial charge is 0.388 e. The second-order valence-corrected chi connectivity index (χ2v) is 7.52. The van der Waals surface area contributed by atoms with Gasteiger partial charge in [-0.05, 0) is 19.2 Å². The fourth-order valence-corrected chi connectivity index (χ4v) is 4.04. The van der Waals surface area contributed by atoms with Crippen LogP contribution in [0.3, 0.4) is 0 Å². The van der Waals surface area contributed by atoms with Crippen molar-refractivity contribution < 1.29 is 27.0 Å². The first-order chi connectivity index (χ1) is 15.9. The van der Waals surface area contributed by atoms with E-state index in [2.05, 4.69) is 30.2 Å². The monoisotopic (exact) mass is 465 g/mol. The predicted molar refractivity (Wildman–Crippen MR) is 109 cm³/mol. The molecule has 0 amide bonds. The average Bonchev–Trinajstić information content (AvgIpc) is 3.44. The van der Waals surface area contributed by atoms with E-state index >= 15 is 0 Å². The van der Waals surface area contributed by atoms with E-state index in [1.807, 2.05) is 0 Å². The van der Waals surface area contributed by atoms with Gasteiger partial charge in [-0.2, -0.15) is 13.9 Å². The molecular formula is C20H19F4N7O2. The zero-order valence-electron chi connectivity index (χ0n) is 17.5. The van der Waals surface area contributed by atoms with Crippen LogP contribution in [0.15, 0.2) is 24.5 Å². The van der Waals surface area contributed by atoms with Crippen molar-refractivity contribution in [2.45, 2.75) is 25.6 Å². The second-order valence-electron chi connectivity index (χ2n) is 7.52. The van der Waals surface area contributed by atoms with E-state index in [-0.39, 0.29) is 41.2 Å². The highest BCUT2D eigenvalue weighted by molar-refractivity contribution is 6.04. The Morgan fingerprint density at radius 3 is 2.79 bits per heavy atom. The van der Waals surface area contributed by atoms with Crippen molar-refractivity contribution in [2.24, 2.45) is 7.05 Å². The Kier molecular flexibility index (Phi) is 5.19. The summed E-state index contributed by atoms with van der Waals surface area (Å²) in [5.41, 5.74) is 0.651. The van der Waals surface area contributed by atoms with Crippen molar-refractivity contribution in [2.75, 3.05) is 13.7 Å². The number of pyridine rings is 1. The highest BCUT2D eigenvalue weighted by Gasteiger charge is 2.34. The van der Waals surface area contributed by atoms with Gasteiger partial charge in [-0.25, -0.2) is 18.4 Å². The molecule has 0 aromatic carbocycles. The van der Waals surface area contributed by atoms with Crippen molar-refractivity contribution in [3.05, 3.63) is 30.2 Å². The maximum Gasteiger partial charge on any atom is 0.388 e. The van der Waals surface area contributed by atoms with E-state index < -0.39 is 18.7 Å². The number of rotatable bonds is 6. The predicted octanol–water partition coefficient (Wildman–Crippen LogP) is 3.35. The number of alkyl halides is 4. The molecule has 0 bridgehead atoms. The van der Waals surface area contributed by atoms with E-state index in [1.54, 1.807) is 26.2 Å². The maximum atomic E-state index is 14.1. The Hall–Kier alpha value is -3.61. The molecule has 9 nitrogen and oxygen atoms in total. The number of fused-ring (bicyclic) bond motifs is 2. The molecule has 1 aliphatic heterocycles. The van der Waals surface area contributed by atoms with E-state index in [4.69, 9.17) is 4.74 Å². The lowest BCUT2D eigenvalue weighted by molar-refractivity contribution is -0.0527. The highest BCUT2D eigenvalue weighted by Crippen LogP contribution is 2.47. The van der Waals surface area contributed by atoms with Crippen LogP contribution in [0.5, 0.6) is 11.8 Å². The molecular weight excluding hydrogens is 446 g/mol. The number of aromatic amines is 1. The van der Waals surface area contributed by atoms with Gasteiger partial charge >= 0.3 is 6.61 Å². The Morgan fingerprint density at radius 2 is 2.06 bits per heavy atom. The fraction of sp³-hybridized carbons (Fsp3) is 0.350. The summed E-state index contributed by atoms with van der Waals surface area (Å²) >= 11 is 0. The Labute approximate surface area is 184 Å². The first-order valence-electron chi connectivity index (χ1n) is 10.0. The molecule has 0 saturated carbocycles. The van der Waals surface area contributed by atoms with E-state index in [0.29, 0.717) is 23.1 Å². The minimum Gasteiger partial charge on any atom is -0.476 e. The van der Waals surface area contributed by atoms with Gasteiger partial charge in [0.15, 0.2) is 0 Å². The quantitative estimate of drug-likeness (QED) is 0.424. The minimum atomic E-state index is -3.12. The van der Waals surface area contributed by atoms with Crippen LogP contribution in [-0.4, -0.2) is 55.8 Å². The summed E-state index contributed by atoms with van der Waals surface area (Å²) in [6.07, 6.45) is 0.0988. The number of aromatic nitrogens is 6. The van der Waals surface area contributed by atoms with Crippen molar-refractivity contribution in [3.8, 4) is 34.1 Å². The number of nitrogens with one attached hydrogen (secondary N) is 2. The third-order valence-electron chi connectivity index (χ3n) is 5.45. The largest absolute Gasteiger partial charge is 0.476 e. The van der Waals surface area contributed by atoms with Crippen LogP contribution in [0, 0.1) is 0 Å². The Bertz CT molecular complexity index is 1310. The molecule has 5 rings (SSSR count). The van der Waals surface area contributed by atoms with Crippen LogP contribution >= 0.6 is 0 Å². The lowest BCUT2D eigenvalue weighted by Gasteiger charge is -2.24. The van der Waals surface area contributed by atoms with Crippen molar-refractivity contribution in [3.63, 3.8) is 0 Å². The molecule has 0 saturated heterocycles. The number of hydrogen-bond donors (Lipinski definition) is 2. The Morgan fingerprint density at radius 1 is 1.24 bits per heavy atom. The molecule has 0 fully saturated rings. The van der Waals surface area contributed by atoms with Gasteiger partial charge in [0.25, 0.3) is 6.43 Å². The van der Waals surface area contributed by atoms with Crippen LogP contribution in [0.4, 0.5) is 17.6 Å². The lowest BCUT2D eigenvalue weighted by atomic mass is 10.0. The van der Waals surface area contributed by atoms with E-state index in [9.17, 15) is 17.6 Å². The normalized spacial score (nSPS) is 15.9. The van der Waals surface area contributed by atoms with Crippen molar-refractivity contribution >= 4 is 11.0 Å². The van der Waals surface area contributed by atoms with Crippen molar-refractivity contribution in [1.29, 1.82) is 0 Å². The standard InChI is InChI=1S/C20H19F4N7O2/c1-25-9-6-31-19(32-8-9)13(15(28-31)16(21)22)14-12(10-4-3-5-26-17(10)27-14)11-7-30(2)29-18(11)33-20(23)24/h3-5,7,9,16,20,25H,6,8H2,1-2H3,(H,26,27)/t9-/m0/s1. The SMILES string of the molecule is CN[C@@H]1COc2c(-c3[nH]c4ncccc4c3-c3cn(C)nc3OC(F)F)c(C(F)F)nn2C1. The summed E-state index contributed by atoms with van der Waals surface area (Å²) < 4.78 is 67.5. The summed E-state index contributed by atoms with van der Waals surface area (Å²) in [5.74, 6) is -0.181. The van der Waals surface area contributed by atoms with Crippen LogP contribution in [0.2, 0.25) is 0 Å². The molecule has 0 aliphatic carbocycles. The van der Waals surface area contributed by atoms with Crippen LogP contribution in [0.1, 0.15) is 12.1 Å². The number of likely N-dealkylation sites (N-methyl/N-ethyl adjacent to an activating group) is 1. The molecule has 4 aromatic rings. The van der Waals surface area contributed by atoms with Gasteiger partial charge in [0.2, 0.25) is 11.8 Å². The van der Waals surface area contributed by atoms with Gasteiger partial charge in [-0.3, -0.25) is 4.68 Å².